The average Bonchev–Trinajstić information content (AvgIpc) is 3.05. The number of carbonyl (C=O) groups excluding carboxylic acids is 1. The predicted molar refractivity (Wildman–Crippen MR) is 114 cm³/mol. The van der Waals surface area contributed by atoms with E-state index >= 15 is 0 Å². The molecule has 7 rings (SSSR count). The third kappa shape index (κ3) is 2.59. The molecule has 0 unspecified atom stereocenters. The van der Waals surface area contributed by atoms with E-state index in [2.05, 4.69) is 5.32 Å². The van der Waals surface area contributed by atoms with Gasteiger partial charge in [0, 0.05) is 11.3 Å². The van der Waals surface area contributed by atoms with Crippen molar-refractivity contribution in [3.63, 3.8) is 0 Å². The second kappa shape index (κ2) is 6.44. The minimum absolute atomic E-state index is 0.0177. The Kier molecular flexibility index (Phi) is 3.90. The molecular weight excluding hydrogens is 374 g/mol. The van der Waals surface area contributed by atoms with Crippen molar-refractivity contribution in [3.05, 3.63) is 59.7 Å². The van der Waals surface area contributed by atoms with Crippen molar-refractivity contribution < 1.29 is 14.7 Å². The van der Waals surface area contributed by atoms with E-state index in [1.54, 1.807) is 0 Å². The molecule has 154 valence electrons. The first-order valence-electron chi connectivity index (χ1n) is 11.3. The summed E-state index contributed by atoms with van der Waals surface area (Å²) in [4.78, 5) is 26.1. The highest BCUT2D eigenvalue weighted by Gasteiger charge is 2.55. The van der Waals surface area contributed by atoms with Gasteiger partial charge in [-0.15, -0.1) is 0 Å². The van der Waals surface area contributed by atoms with Gasteiger partial charge in [0.25, 0.3) is 0 Å². The number of hydrogen-bond acceptors (Lipinski definition) is 2. The van der Waals surface area contributed by atoms with E-state index < -0.39 is 12.0 Å². The fourth-order valence-electron chi connectivity index (χ4n) is 7.52. The second-order valence-electron chi connectivity index (χ2n) is 10.1. The number of carboxylic acids is 1. The standard InChI is InChI=1S/C26H27NO3/c28-24(29)23(22-20-7-3-1-5-18(20)19-6-2-4-8-21(19)22)27-25(30)26-12-15-9-16(13-26)11-17(10-15)14-26/h1-8,15-17,22-23H,9-14H2,(H,27,30)(H,28,29)/t15?,16?,17?,23-,26?/m0/s1. The number of aliphatic carboxylic acids is 1. The quantitative estimate of drug-likeness (QED) is 0.788. The first-order valence-corrected chi connectivity index (χ1v) is 11.3. The lowest BCUT2D eigenvalue weighted by Crippen LogP contribution is -2.57. The zero-order valence-corrected chi connectivity index (χ0v) is 17.0. The van der Waals surface area contributed by atoms with Crippen molar-refractivity contribution >= 4 is 11.9 Å². The van der Waals surface area contributed by atoms with Gasteiger partial charge < -0.3 is 10.4 Å². The Hall–Kier alpha value is -2.62. The molecule has 2 aromatic rings. The van der Waals surface area contributed by atoms with Crippen LogP contribution in [0.5, 0.6) is 0 Å². The molecule has 0 radical (unpaired) electrons. The summed E-state index contributed by atoms with van der Waals surface area (Å²) in [5.74, 6) is 0.628. The molecule has 0 saturated heterocycles. The summed E-state index contributed by atoms with van der Waals surface area (Å²) in [7, 11) is 0. The van der Waals surface area contributed by atoms with Crippen molar-refractivity contribution in [2.45, 2.75) is 50.5 Å². The molecule has 4 saturated carbocycles. The van der Waals surface area contributed by atoms with Gasteiger partial charge in [-0.25, -0.2) is 4.79 Å². The molecule has 4 nitrogen and oxygen atoms in total. The summed E-state index contributed by atoms with van der Waals surface area (Å²) in [5.41, 5.74) is 3.80. The van der Waals surface area contributed by atoms with Crippen molar-refractivity contribution in [3.8, 4) is 11.1 Å². The van der Waals surface area contributed by atoms with E-state index in [0.29, 0.717) is 17.8 Å². The molecular formula is C26H27NO3. The molecule has 1 amide bonds. The van der Waals surface area contributed by atoms with Gasteiger partial charge in [-0.2, -0.15) is 0 Å². The molecule has 2 N–H and O–H groups in total. The monoisotopic (exact) mass is 401 g/mol. The van der Waals surface area contributed by atoms with Gasteiger partial charge >= 0.3 is 5.97 Å². The molecule has 30 heavy (non-hydrogen) atoms. The number of fused-ring (bicyclic) bond motifs is 3. The predicted octanol–water partition coefficient (Wildman–Crippen LogP) is 4.58. The molecule has 5 aliphatic rings. The summed E-state index contributed by atoms with van der Waals surface area (Å²) in [6, 6.07) is 15.1. The van der Waals surface area contributed by atoms with Crippen LogP contribution >= 0.6 is 0 Å². The molecule has 2 aromatic carbocycles. The number of amides is 1. The minimum atomic E-state index is -0.954. The van der Waals surface area contributed by atoms with Crippen molar-refractivity contribution in [1.29, 1.82) is 0 Å². The third-order valence-electron chi connectivity index (χ3n) is 8.29. The number of rotatable bonds is 4. The topological polar surface area (TPSA) is 66.4 Å². The van der Waals surface area contributed by atoms with Gasteiger partial charge in [-0.3, -0.25) is 4.79 Å². The van der Waals surface area contributed by atoms with Crippen LogP contribution in [0.15, 0.2) is 48.5 Å². The summed E-state index contributed by atoms with van der Waals surface area (Å²) in [6.07, 6.45) is 6.60. The molecule has 0 spiro atoms. The molecule has 1 atom stereocenters. The Balaban J connectivity index is 1.36. The number of hydrogen-bond donors (Lipinski definition) is 2. The van der Waals surface area contributed by atoms with Crippen LogP contribution in [-0.4, -0.2) is 23.0 Å². The Morgan fingerprint density at radius 1 is 0.833 bits per heavy atom. The third-order valence-corrected chi connectivity index (χ3v) is 8.29. The number of nitrogens with one attached hydrogen (secondary N) is 1. The molecule has 4 fully saturated rings. The maximum Gasteiger partial charge on any atom is 0.327 e. The first kappa shape index (κ1) is 18.2. The van der Waals surface area contributed by atoms with Crippen molar-refractivity contribution in [2.75, 3.05) is 0 Å². The molecule has 0 aromatic heterocycles. The maximum atomic E-state index is 13.6. The van der Waals surface area contributed by atoms with E-state index in [0.717, 1.165) is 41.5 Å². The van der Waals surface area contributed by atoms with Crippen LogP contribution in [0, 0.1) is 23.2 Å². The van der Waals surface area contributed by atoms with Gasteiger partial charge in [0.2, 0.25) is 5.91 Å². The van der Waals surface area contributed by atoms with Gasteiger partial charge in [0.15, 0.2) is 0 Å². The molecule has 4 heteroatoms. The van der Waals surface area contributed by atoms with Crippen LogP contribution < -0.4 is 5.32 Å². The SMILES string of the molecule is O=C(O)[C@@H](NC(=O)C12CC3CC(CC(C3)C1)C2)C1c2ccccc2-c2ccccc21. The second-order valence-corrected chi connectivity index (χ2v) is 10.1. The summed E-state index contributed by atoms with van der Waals surface area (Å²) in [5, 5.41) is 13.3. The van der Waals surface area contributed by atoms with Crippen LogP contribution in [-0.2, 0) is 9.59 Å². The largest absolute Gasteiger partial charge is 0.480 e. The zero-order valence-electron chi connectivity index (χ0n) is 17.0. The van der Waals surface area contributed by atoms with E-state index in [1.807, 2.05) is 48.5 Å². The minimum Gasteiger partial charge on any atom is -0.480 e. The Labute approximate surface area is 176 Å². The van der Waals surface area contributed by atoms with Crippen molar-refractivity contribution in [2.24, 2.45) is 23.2 Å². The van der Waals surface area contributed by atoms with Gasteiger partial charge in [0.1, 0.15) is 6.04 Å². The van der Waals surface area contributed by atoms with Gasteiger partial charge in [-0.1, -0.05) is 48.5 Å². The van der Waals surface area contributed by atoms with Gasteiger partial charge in [0.05, 0.1) is 0 Å². The number of benzene rings is 2. The highest BCUT2D eigenvalue weighted by atomic mass is 16.4. The maximum absolute atomic E-state index is 13.6. The Bertz CT molecular complexity index is 961. The van der Waals surface area contributed by atoms with Crippen LogP contribution in [0.3, 0.4) is 0 Å². The van der Waals surface area contributed by atoms with E-state index in [-0.39, 0.29) is 17.2 Å². The van der Waals surface area contributed by atoms with Crippen LogP contribution in [0.2, 0.25) is 0 Å². The summed E-state index contributed by atoms with van der Waals surface area (Å²) in [6.45, 7) is 0. The highest BCUT2D eigenvalue weighted by molar-refractivity contribution is 5.91. The lowest BCUT2D eigenvalue weighted by atomic mass is 9.49. The van der Waals surface area contributed by atoms with Crippen LogP contribution in [0.1, 0.15) is 55.6 Å². The van der Waals surface area contributed by atoms with Crippen LogP contribution in [0.25, 0.3) is 11.1 Å². The zero-order chi connectivity index (χ0) is 20.5. The molecule has 0 heterocycles. The normalized spacial score (nSPS) is 31.8. The van der Waals surface area contributed by atoms with E-state index in [9.17, 15) is 14.7 Å². The molecule has 0 aliphatic heterocycles. The lowest BCUT2D eigenvalue weighted by molar-refractivity contribution is -0.151. The lowest BCUT2D eigenvalue weighted by Gasteiger charge is -2.55. The highest BCUT2D eigenvalue weighted by Crippen LogP contribution is 2.60. The average molecular weight is 402 g/mol. The smallest absolute Gasteiger partial charge is 0.327 e. The van der Waals surface area contributed by atoms with E-state index in [1.165, 1.54) is 19.3 Å². The fraction of sp³-hybridized carbons (Fsp3) is 0.462. The number of carbonyl (C=O) groups is 2. The molecule has 5 aliphatic carbocycles. The molecule has 4 bridgehead atoms. The van der Waals surface area contributed by atoms with Crippen LogP contribution in [0.4, 0.5) is 0 Å². The summed E-state index contributed by atoms with van der Waals surface area (Å²) < 4.78 is 0. The Morgan fingerprint density at radius 2 is 1.30 bits per heavy atom. The number of carboxylic acid groups (broad SMARTS) is 1. The summed E-state index contributed by atoms with van der Waals surface area (Å²) >= 11 is 0. The Morgan fingerprint density at radius 3 is 1.77 bits per heavy atom. The first-order chi connectivity index (χ1) is 14.5. The van der Waals surface area contributed by atoms with E-state index in [4.69, 9.17) is 0 Å². The van der Waals surface area contributed by atoms with Crippen molar-refractivity contribution in [1.82, 2.24) is 5.32 Å². The van der Waals surface area contributed by atoms with Gasteiger partial charge in [-0.05, 0) is 78.5 Å². The fourth-order valence-corrected chi connectivity index (χ4v) is 7.52.